The first kappa shape index (κ1) is 54.7. The van der Waals surface area contributed by atoms with Crippen LogP contribution in [0.15, 0.2) is 89.0 Å². The number of benzene rings is 2. The van der Waals surface area contributed by atoms with Crippen LogP contribution in [0, 0.1) is 68.0 Å². The Hall–Kier alpha value is -3.97. The monoisotopic (exact) mass is 1160 g/mol. The molecule has 3 aliphatic heterocycles. The van der Waals surface area contributed by atoms with Crippen LogP contribution >= 0.6 is 21.6 Å². The number of dihydropyridines is 1. The molecule has 438 valence electrons. The van der Waals surface area contributed by atoms with Crippen LogP contribution in [-0.4, -0.2) is 114 Å². The molecule has 6 spiro atoms. The number of aldehydes is 1. The first-order chi connectivity index (χ1) is 39.6. The second kappa shape index (κ2) is 19.3. The highest BCUT2D eigenvalue weighted by Crippen LogP contribution is 2.81. The van der Waals surface area contributed by atoms with Gasteiger partial charge in [-0.2, -0.15) is 0 Å². The van der Waals surface area contributed by atoms with Crippen molar-refractivity contribution in [1.82, 2.24) is 10.6 Å². The number of hydrogen-bond donors (Lipinski definition) is 9. The smallest absolute Gasteiger partial charge is 0.229 e. The Kier molecular flexibility index (Phi) is 12.8. The number of aliphatic hydroxyl groups excluding tert-OH is 6. The lowest BCUT2D eigenvalue weighted by molar-refractivity contribution is -0.392. The predicted octanol–water partition coefficient (Wildman–Crippen LogP) is 8.48. The molecule has 17 atom stereocenters. The molecule has 16 heteroatoms. The maximum atomic E-state index is 16.2. The molecule has 82 heavy (non-hydrogen) atoms. The molecule has 10 bridgehead atoms. The van der Waals surface area contributed by atoms with Crippen molar-refractivity contribution in [3.63, 3.8) is 0 Å². The molecule has 11 aliphatic carbocycles. The van der Waals surface area contributed by atoms with Gasteiger partial charge in [-0.05, 0) is 195 Å². The maximum Gasteiger partial charge on any atom is 0.229 e. The second-order valence-electron chi connectivity index (χ2n) is 28.5. The Bertz CT molecular complexity index is 3150. The Labute approximate surface area is 487 Å². The summed E-state index contributed by atoms with van der Waals surface area (Å²) in [5, 5.41) is 92.3. The molecule has 14 nitrogen and oxygen atoms in total. The van der Waals surface area contributed by atoms with Crippen molar-refractivity contribution in [3.05, 3.63) is 111 Å². The van der Waals surface area contributed by atoms with E-state index in [1.807, 2.05) is 24.3 Å². The van der Waals surface area contributed by atoms with Crippen molar-refractivity contribution in [2.75, 3.05) is 25.6 Å². The van der Waals surface area contributed by atoms with E-state index in [-0.39, 0.29) is 89.6 Å². The average Bonchev–Trinajstić information content (AvgIpc) is 3.23. The van der Waals surface area contributed by atoms with Crippen molar-refractivity contribution in [3.8, 4) is 5.75 Å². The Morgan fingerprint density at radius 3 is 2.46 bits per heavy atom. The summed E-state index contributed by atoms with van der Waals surface area (Å²) in [5.41, 5.74) is -1.96. The summed E-state index contributed by atoms with van der Waals surface area (Å²) in [6.07, 6.45) is 19.9. The average molecular weight is 1160 g/mol. The van der Waals surface area contributed by atoms with E-state index in [1.165, 1.54) is 97.3 Å². The van der Waals surface area contributed by atoms with E-state index in [4.69, 9.17) is 9.47 Å². The van der Waals surface area contributed by atoms with E-state index in [2.05, 4.69) is 16.7 Å². The maximum absolute atomic E-state index is 16.2. The van der Waals surface area contributed by atoms with Gasteiger partial charge in [-0.3, -0.25) is 9.59 Å². The number of ketones is 2. The van der Waals surface area contributed by atoms with Crippen LogP contribution < -0.4 is 15.4 Å². The van der Waals surface area contributed by atoms with Gasteiger partial charge in [-0.1, -0.05) is 83.3 Å². The van der Waals surface area contributed by atoms with E-state index < -0.39 is 75.8 Å². The normalized spacial score (nSPS) is 44.5. The number of rotatable bonds is 8. The Morgan fingerprint density at radius 1 is 0.854 bits per heavy atom. The van der Waals surface area contributed by atoms with Gasteiger partial charge in [0.1, 0.15) is 46.6 Å². The highest BCUT2D eigenvalue weighted by Gasteiger charge is 2.80. The Balaban J connectivity index is 0.866. The predicted molar refractivity (Wildman–Crippen MR) is 309 cm³/mol. The number of aliphatic hydroxyl groups is 7. The fraction of sp³-hybridized carbons (Fsp3) is 0.652. The van der Waals surface area contributed by atoms with Crippen molar-refractivity contribution in [1.29, 1.82) is 0 Å². The quantitative estimate of drug-likeness (QED) is 0.0891. The molecule has 0 aromatic heterocycles. The number of Topliss-reactive ketones (excluding diaryl/α,β-unsaturated/α-hetero) is 2. The van der Waals surface area contributed by atoms with E-state index in [0.717, 1.165) is 49.1 Å². The molecule has 0 radical (unpaired) electrons. The van der Waals surface area contributed by atoms with Crippen molar-refractivity contribution in [2.45, 2.75) is 170 Å². The number of hydrogen-bond acceptors (Lipinski definition) is 16. The lowest BCUT2D eigenvalue weighted by atomic mass is 9.46. The van der Waals surface area contributed by atoms with E-state index in [9.17, 15) is 40.5 Å². The molecule has 0 amide bonds. The minimum atomic E-state index is -2.35. The summed E-state index contributed by atoms with van der Waals surface area (Å²) in [6, 6.07) is 12.1. The van der Waals surface area contributed by atoms with Gasteiger partial charge in [0.05, 0.1) is 36.4 Å². The van der Waals surface area contributed by atoms with Crippen LogP contribution in [-0.2, 0) is 22.6 Å². The molecular formula is C66H80N2O12S2. The van der Waals surface area contributed by atoms with Crippen LogP contribution in [0.1, 0.15) is 154 Å². The molecule has 9 N–H and O–H groups in total. The lowest BCUT2D eigenvalue weighted by Crippen LogP contribution is -2.81. The molecule has 2 aromatic carbocycles. The van der Waals surface area contributed by atoms with Gasteiger partial charge >= 0.3 is 0 Å². The van der Waals surface area contributed by atoms with Gasteiger partial charge in [0.2, 0.25) is 6.29 Å². The SMILES string of the molecule is O=C[C@H]1C[C@@]2(CC[C@]3(CCCC34CCCC4)C2)C[C@@]12C[C@H]1C[C@H]3C[C@@H]4C[C@]5(CO)O[C@H]6Oc7cccc8c7C(=O)[C@@]7(C(O)=CC(Cc9cccc(CO)c9)=C[C@@H]7C8=O)[C@H](CCCO)SSCNC7=CC(=C3CN7)[C@@]1(C2)[C@@H]4[C@](O)([C@@H]5O)[C@H]6O. The zero-order valence-corrected chi connectivity index (χ0v) is 48.4. The highest BCUT2D eigenvalue weighted by molar-refractivity contribution is 8.76. The minimum Gasteiger partial charge on any atom is -0.511 e. The molecule has 0 unspecified atom stereocenters. The van der Waals surface area contributed by atoms with Gasteiger partial charge in [-0.15, -0.1) is 0 Å². The molecule has 14 aliphatic rings. The van der Waals surface area contributed by atoms with Crippen LogP contribution in [0.2, 0.25) is 0 Å². The minimum absolute atomic E-state index is 0.00273. The number of carbonyl (C=O) groups is 3. The second-order valence-corrected chi connectivity index (χ2v) is 31.0. The largest absolute Gasteiger partial charge is 0.511 e. The molecule has 7 saturated carbocycles. The number of allylic oxidation sites excluding steroid dienone is 6. The van der Waals surface area contributed by atoms with E-state index >= 15 is 9.59 Å². The molecule has 3 heterocycles. The first-order valence-electron chi connectivity index (χ1n) is 30.9. The van der Waals surface area contributed by atoms with Crippen LogP contribution in [0.3, 0.4) is 0 Å². The molecule has 16 rings (SSSR count). The van der Waals surface area contributed by atoms with Gasteiger partial charge in [-0.25, -0.2) is 0 Å². The highest BCUT2D eigenvalue weighted by atomic mass is 33.1. The Morgan fingerprint density at radius 2 is 1.66 bits per heavy atom. The van der Waals surface area contributed by atoms with Crippen molar-refractivity contribution in [2.24, 2.45) is 68.0 Å². The topological polar surface area (TPSA) is 235 Å². The fourth-order valence-electron chi connectivity index (χ4n) is 22.4. The molecule has 8 fully saturated rings. The lowest BCUT2D eigenvalue weighted by Gasteiger charge is -2.65. The zero-order chi connectivity index (χ0) is 56.4. The third kappa shape index (κ3) is 7.31. The third-order valence-electron chi connectivity index (χ3n) is 25.1. The number of carbonyl (C=O) groups excluding carboxylic acids is 3. The standard InChI is InChI=1S/C66H80N2O12S2/c69-18-5-11-50-65-47(21-39(22-49(65)73)20-37-7-3-8-38(19-37)30-70)53(74)44-9-4-10-48(52(44)55(65)75)79-57-56(76)66(78)54-41(26-63(35-72,80-57)58(66)77)23-40-24-42-28-60(34-64(42,54)46-25-51(67-29-45(40)46)68-36-81-82-50)32-59(27-43(60)31-71)16-17-62(33-59)15-6-14-61(62)12-1-2-13-61/h3-4,7-10,19,21-22,25,31,40-43,47,50,54,56-58,67-70,72-73,76-78H,1-2,5-6,11-18,20,23-24,26-30,32-36H2/t40-,41-,42-,43-,47-,50+,54-,56+,57-,58-,59+,60-,62-,63-,64+,65+,66-/m1/s1. The summed E-state index contributed by atoms with van der Waals surface area (Å²) in [6.45, 7) is -0.519. The summed E-state index contributed by atoms with van der Waals surface area (Å²) in [4.78, 5) is 45.8. The van der Waals surface area contributed by atoms with E-state index in [0.29, 0.717) is 53.7 Å². The van der Waals surface area contributed by atoms with Crippen molar-refractivity contribution >= 4 is 39.4 Å². The first-order valence-corrected chi connectivity index (χ1v) is 33.3. The summed E-state index contributed by atoms with van der Waals surface area (Å²) in [7, 11) is 2.85. The third-order valence-corrected chi connectivity index (χ3v) is 27.8. The number of ether oxygens (including phenoxy) is 2. The van der Waals surface area contributed by atoms with Crippen LogP contribution in [0.5, 0.6) is 5.75 Å². The van der Waals surface area contributed by atoms with Gasteiger partial charge in [0, 0.05) is 41.2 Å². The summed E-state index contributed by atoms with van der Waals surface area (Å²) in [5.74, 6) is -2.68. The molecule has 1 saturated heterocycles. The number of fused-ring (bicyclic) bond motifs is 3. The van der Waals surface area contributed by atoms with Crippen LogP contribution in [0.25, 0.3) is 0 Å². The van der Waals surface area contributed by atoms with Crippen LogP contribution in [0.4, 0.5) is 0 Å². The van der Waals surface area contributed by atoms with E-state index in [1.54, 1.807) is 24.3 Å². The van der Waals surface area contributed by atoms with Gasteiger partial charge in [0.25, 0.3) is 0 Å². The molecular weight excluding hydrogens is 1080 g/mol. The number of nitrogens with one attached hydrogen (secondary N) is 2. The van der Waals surface area contributed by atoms with Crippen molar-refractivity contribution < 1.29 is 59.6 Å². The van der Waals surface area contributed by atoms with Gasteiger partial charge in [0.15, 0.2) is 11.6 Å². The zero-order valence-electron chi connectivity index (χ0n) is 46.8. The summed E-state index contributed by atoms with van der Waals surface area (Å²) < 4.78 is 13.7. The van der Waals surface area contributed by atoms with Gasteiger partial charge < -0.3 is 60.6 Å². The molecule has 2 aromatic rings. The fourth-order valence-corrected chi connectivity index (χ4v) is 25.2. The summed E-state index contributed by atoms with van der Waals surface area (Å²) >= 11 is 0.